The van der Waals surface area contributed by atoms with Crippen LogP contribution in [0.1, 0.15) is 22.3 Å². The van der Waals surface area contributed by atoms with Gasteiger partial charge in [-0.05, 0) is 42.7 Å². The number of nitrogens with one attached hydrogen (secondary N) is 1. The third-order valence-electron chi connectivity index (χ3n) is 3.34. The van der Waals surface area contributed by atoms with Crippen molar-refractivity contribution in [3.63, 3.8) is 0 Å². The van der Waals surface area contributed by atoms with Crippen LogP contribution >= 0.6 is 23.2 Å². The minimum absolute atomic E-state index is 0.0204. The van der Waals surface area contributed by atoms with E-state index in [1.165, 1.54) is 5.56 Å². The first-order valence-corrected chi connectivity index (χ1v) is 7.48. The maximum Gasteiger partial charge on any atom is 0.224 e. The first-order chi connectivity index (χ1) is 9.95. The molecule has 1 amide bonds. The highest BCUT2D eigenvalue weighted by molar-refractivity contribution is 6.35. The minimum Gasteiger partial charge on any atom is -0.352 e. The zero-order valence-electron chi connectivity index (χ0n) is 12.0. The molecule has 0 saturated heterocycles. The molecule has 0 aliphatic carbocycles. The van der Waals surface area contributed by atoms with Gasteiger partial charge in [0, 0.05) is 16.6 Å². The van der Waals surface area contributed by atoms with Crippen LogP contribution in [0, 0.1) is 13.8 Å². The second kappa shape index (κ2) is 6.97. The Bertz CT molecular complexity index is 668. The number of halogens is 2. The number of carbonyl (C=O) groups is 1. The lowest BCUT2D eigenvalue weighted by molar-refractivity contribution is -0.120. The SMILES string of the molecule is Cc1ccc(CC(=O)NCc2ccc(Cl)cc2Cl)c(C)c1. The van der Waals surface area contributed by atoms with Crippen LogP contribution in [-0.4, -0.2) is 5.91 Å². The smallest absolute Gasteiger partial charge is 0.224 e. The van der Waals surface area contributed by atoms with E-state index in [1.807, 2.05) is 32.0 Å². The summed E-state index contributed by atoms with van der Waals surface area (Å²) in [5, 5.41) is 4.04. The van der Waals surface area contributed by atoms with Crippen molar-refractivity contribution >= 4 is 29.1 Å². The minimum atomic E-state index is -0.0204. The van der Waals surface area contributed by atoms with Gasteiger partial charge in [0.2, 0.25) is 5.91 Å². The Kier molecular flexibility index (Phi) is 5.27. The predicted molar refractivity (Wildman–Crippen MR) is 87.9 cm³/mol. The van der Waals surface area contributed by atoms with Crippen molar-refractivity contribution in [3.05, 3.63) is 68.7 Å². The Morgan fingerprint density at radius 1 is 1.05 bits per heavy atom. The third kappa shape index (κ3) is 4.48. The molecule has 0 spiro atoms. The highest BCUT2D eigenvalue weighted by atomic mass is 35.5. The van der Waals surface area contributed by atoms with E-state index in [-0.39, 0.29) is 5.91 Å². The maximum atomic E-state index is 12.0. The number of rotatable bonds is 4. The van der Waals surface area contributed by atoms with Gasteiger partial charge in [0.25, 0.3) is 0 Å². The molecule has 0 fully saturated rings. The Balaban J connectivity index is 1.96. The molecule has 2 rings (SSSR count). The lowest BCUT2D eigenvalue weighted by atomic mass is 10.0. The maximum absolute atomic E-state index is 12.0. The van der Waals surface area contributed by atoms with Crippen LogP contribution in [0.15, 0.2) is 36.4 Å². The van der Waals surface area contributed by atoms with Crippen molar-refractivity contribution in [1.82, 2.24) is 5.32 Å². The Morgan fingerprint density at radius 3 is 2.43 bits per heavy atom. The van der Waals surface area contributed by atoms with Gasteiger partial charge in [-0.1, -0.05) is 53.0 Å². The first kappa shape index (κ1) is 15.9. The third-order valence-corrected chi connectivity index (χ3v) is 3.93. The molecule has 0 heterocycles. The van der Waals surface area contributed by atoms with Crippen molar-refractivity contribution in [2.45, 2.75) is 26.8 Å². The van der Waals surface area contributed by atoms with Gasteiger partial charge in [-0.15, -0.1) is 0 Å². The molecular formula is C17H17Cl2NO. The van der Waals surface area contributed by atoms with Crippen LogP contribution in [0.4, 0.5) is 0 Å². The van der Waals surface area contributed by atoms with Gasteiger partial charge in [-0.3, -0.25) is 4.79 Å². The summed E-state index contributed by atoms with van der Waals surface area (Å²) in [5.41, 5.74) is 4.23. The zero-order chi connectivity index (χ0) is 15.4. The lowest BCUT2D eigenvalue weighted by Crippen LogP contribution is -2.25. The molecule has 2 aromatic rings. The second-order valence-corrected chi connectivity index (χ2v) is 5.96. The fourth-order valence-corrected chi connectivity index (χ4v) is 2.61. The van der Waals surface area contributed by atoms with E-state index in [9.17, 15) is 4.79 Å². The number of hydrogen-bond donors (Lipinski definition) is 1. The predicted octanol–water partition coefficient (Wildman–Crippen LogP) is 4.47. The first-order valence-electron chi connectivity index (χ1n) is 6.72. The van der Waals surface area contributed by atoms with Gasteiger partial charge in [-0.25, -0.2) is 0 Å². The molecule has 110 valence electrons. The Hall–Kier alpha value is -1.51. The standard InChI is InChI=1S/C17H17Cl2NO/c1-11-3-4-13(12(2)7-11)8-17(21)20-10-14-5-6-15(18)9-16(14)19/h3-7,9H,8,10H2,1-2H3,(H,20,21). The average molecular weight is 322 g/mol. The molecule has 0 aromatic heterocycles. The van der Waals surface area contributed by atoms with Crippen molar-refractivity contribution < 1.29 is 4.79 Å². The van der Waals surface area contributed by atoms with Gasteiger partial charge >= 0.3 is 0 Å². The van der Waals surface area contributed by atoms with E-state index in [2.05, 4.69) is 11.4 Å². The molecule has 21 heavy (non-hydrogen) atoms. The van der Waals surface area contributed by atoms with E-state index in [1.54, 1.807) is 12.1 Å². The van der Waals surface area contributed by atoms with Crippen LogP contribution in [0.5, 0.6) is 0 Å². The fourth-order valence-electron chi connectivity index (χ4n) is 2.14. The van der Waals surface area contributed by atoms with E-state index in [0.29, 0.717) is 23.0 Å². The van der Waals surface area contributed by atoms with E-state index in [0.717, 1.165) is 16.7 Å². The van der Waals surface area contributed by atoms with Crippen LogP contribution in [0.2, 0.25) is 10.0 Å². The summed E-state index contributed by atoms with van der Waals surface area (Å²) in [6.07, 6.45) is 0.372. The molecule has 0 saturated carbocycles. The Morgan fingerprint density at radius 2 is 1.76 bits per heavy atom. The number of amides is 1. The second-order valence-electron chi connectivity index (χ2n) is 5.12. The van der Waals surface area contributed by atoms with Gasteiger partial charge in [-0.2, -0.15) is 0 Å². The van der Waals surface area contributed by atoms with Gasteiger partial charge in [0.1, 0.15) is 0 Å². The molecule has 0 atom stereocenters. The summed E-state index contributed by atoms with van der Waals surface area (Å²) >= 11 is 11.9. The van der Waals surface area contributed by atoms with Crippen LogP contribution < -0.4 is 5.32 Å². The molecule has 2 nitrogen and oxygen atoms in total. The molecule has 2 aromatic carbocycles. The molecule has 0 unspecified atom stereocenters. The average Bonchev–Trinajstić information content (AvgIpc) is 2.41. The summed E-state index contributed by atoms with van der Waals surface area (Å²) in [7, 11) is 0. The normalized spacial score (nSPS) is 10.5. The van der Waals surface area contributed by atoms with Crippen molar-refractivity contribution in [3.8, 4) is 0 Å². The van der Waals surface area contributed by atoms with Gasteiger partial charge in [0.05, 0.1) is 6.42 Å². The molecule has 1 N–H and O–H groups in total. The van der Waals surface area contributed by atoms with E-state index in [4.69, 9.17) is 23.2 Å². The summed E-state index contributed by atoms with van der Waals surface area (Å²) in [4.78, 5) is 12.0. The van der Waals surface area contributed by atoms with Crippen LogP contribution in [0.3, 0.4) is 0 Å². The summed E-state index contributed by atoms with van der Waals surface area (Å²) < 4.78 is 0. The van der Waals surface area contributed by atoms with Gasteiger partial charge < -0.3 is 5.32 Å². The van der Waals surface area contributed by atoms with Crippen molar-refractivity contribution in [1.29, 1.82) is 0 Å². The quantitative estimate of drug-likeness (QED) is 0.884. The Labute approximate surface area is 135 Å². The number of aryl methyl sites for hydroxylation is 2. The fraction of sp³-hybridized carbons (Fsp3) is 0.235. The molecule has 0 radical (unpaired) electrons. The van der Waals surface area contributed by atoms with Crippen LogP contribution in [-0.2, 0) is 17.8 Å². The zero-order valence-corrected chi connectivity index (χ0v) is 13.6. The molecule has 0 aliphatic heterocycles. The number of hydrogen-bond acceptors (Lipinski definition) is 1. The summed E-state index contributed by atoms with van der Waals surface area (Å²) in [6.45, 7) is 4.46. The number of carbonyl (C=O) groups excluding carboxylic acids is 1. The largest absolute Gasteiger partial charge is 0.352 e. The van der Waals surface area contributed by atoms with E-state index < -0.39 is 0 Å². The molecule has 0 aliphatic rings. The molecular weight excluding hydrogens is 305 g/mol. The molecule has 0 bridgehead atoms. The highest BCUT2D eigenvalue weighted by Crippen LogP contribution is 2.20. The topological polar surface area (TPSA) is 29.1 Å². The van der Waals surface area contributed by atoms with Crippen molar-refractivity contribution in [2.75, 3.05) is 0 Å². The van der Waals surface area contributed by atoms with Gasteiger partial charge in [0.15, 0.2) is 0 Å². The van der Waals surface area contributed by atoms with Crippen LogP contribution in [0.25, 0.3) is 0 Å². The highest BCUT2D eigenvalue weighted by Gasteiger charge is 2.07. The summed E-state index contributed by atoms with van der Waals surface area (Å²) in [5.74, 6) is -0.0204. The van der Waals surface area contributed by atoms with E-state index >= 15 is 0 Å². The molecule has 4 heteroatoms. The lowest BCUT2D eigenvalue weighted by Gasteiger charge is -2.09. The number of benzene rings is 2. The summed E-state index contributed by atoms with van der Waals surface area (Å²) in [6, 6.07) is 11.4. The van der Waals surface area contributed by atoms with Crippen molar-refractivity contribution in [2.24, 2.45) is 0 Å². The monoisotopic (exact) mass is 321 g/mol.